The van der Waals surface area contributed by atoms with Crippen molar-refractivity contribution in [2.24, 2.45) is 0 Å². The maximum absolute atomic E-state index is 12.7. The van der Waals surface area contributed by atoms with Gasteiger partial charge in [-0.3, -0.25) is 9.59 Å². The highest BCUT2D eigenvalue weighted by Gasteiger charge is 2.29. The second-order valence-electron chi connectivity index (χ2n) is 7.86. The Hall–Kier alpha value is -2.28. The molecule has 0 bridgehead atoms. The fourth-order valence-corrected chi connectivity index (χ4v) is 3.09. The van der Waals surface area contributed by atoms with E-state index in [1.165, 1.54) is 6.92 Å². The lowest BCUT2D eigenvalue weighted by Crippen LogP contribution is -2.52. The van der Waals surface area contributed by atoms with Crippen molar-refractivity contribution in [1.82, 2.24) is 15.1 Å². The monoisotopic (exact) mass is 409 g/mol. The first kappa shape index (κ1) is 22.0. The van der Waals surface area contributed by atoms with Crippen molar-refractivity contribution in [3.63, 3.8) is 0 Å². The molecule has 0 radical (unpaired) electrons. The Morgan fingerprint density at radius 1 is 1.07 bits per heavy atom. The lowest BCUT2D eigenvalue weighted by atomic mass is 10.0. The number of carbonyl (C=O) groups excluding carboxylic acids is 3. The Bertz CT molecular complexity index is 707. The first-order valence-electron chi connectivity index (χ1n) is 9.33. The number of benzene rings is 1. The molecular weight excluding hydrogens is 382 g/mol. The fraction of sp³-hybridized carbons (Fsp3) is 0.550. The molecule has 1 N–H and O–H groups in total. The zero-order valence-corrected chi connectivity index (χ0v) is 17.6. The summed E-state index contributed by atoms with van der Waals surface area (Å²) >= 11 is 5.92. The molecular formula is C20H28ClN3O4. The van der Waals surface area contributed by atoms with E-state index < -0.39 is 11.6 Å². The van der Waals surface area contributed by atoms with Crippen LogP contribution in [-0.4, -0.2) is 59.5 Å². The molecule has 3 amide bonds. The van der Waals surface area contributed by atoms with Gasteiger partial charge < -0.3 is 19.9 Å². The standard InChI is InChI=1S/C20H28ClN3O4/c1-14(25)22-17(15-5-7-16(21)8-6-15)13-18(26)23-9-11-24(12-10-23)19(27)28-20(2,3)4/h5-8,17H,9-13H2,1-4H3,(H,22,25)/t17-/m0/s1. The van der Waals surface area contributed by atoms with E-state index in [1.54, 1.807) is 34.1 Å². The van der Waals surface area contributed by atoms with Gasteiger partial charge in [-0.15, -0.1) is 0 Å². The SMILES string of the molecule is CC(=O)N[C@@H](CC(=O)N1CCN(C(=O)OC(C)(C)C)CC1)c1ccc(Cl)cc1. The van der Waals surface area contributed by atoms with E-state index in [1.807, 2.05) is 20.8 Å². The van der Waals surface area contributed by atoms with E-state index in [-0.39, 0.29) is 24.3 Å². The molecule has 1 saturated heterocycles. The Morgan fingerprint density at radius 2 is 1.61 bits per heavy atom. The first-order chi connectivity index (χ1) is 13.0. The molecule has 1 aliphatic heterocycles. The second-order valence-corrected chi connectivity index (χ2v) is 8.29. The topological polar surface area (TPSA) is 79.0 Å². The number of hydrogen-bond donors (Lipinski definition) is 1. The van der Waals surface area contributed by atoms with Gasteiger partial charge in [-0.1, -0.05) is 23.7 Å². The van der Waals surface area contributed by atoms with Crippen molar-refractivity contribution in [1.29, 1.82) is 0 Å². The zero-order valence-electron chi connectivity index (χ0n) is 16.8. The summed E-state index contributed by atoms with van der Waals surface area (Å²) in [5.74, 6) is -0.278. The van der Waals surface area contributed by atoms with Gasteiger partial charge in [-0.25, -0.2) is 4.79 Å². The molecule has 8 heteroatoms. The van der Waals surface area contributed by atoms with E-state index in [4.69, 9.17) is 16.3 Å². The van der Waals surface area contributed by atoms with E-state index in [2.05, 4.69) is 5.32 Å². The summed E-state index contributed by atoms with van der Waals surface area (Å²) in [5.41, 5.74) is 0.272. The predicted octanol–water partition coefficient (Wildman–Crippen LogP) is 2.99. The van der Waals surface area contributed by atoms with Crippen molar-refractivity contribution in [3.05, 3.63) is 34.9 Å². The van der Waals surface area contributed by atoms with Gasteiger partial charge in [-0.05, 0) is 38.5 Å². The molecule has 1 heterocycles. The summed E-state index contributed by atoms with van der Waals surface area (Å²) < 4.78 is 5.37. The van der Waals surface area contributed by atoms with Crippen LogP contribution in [0, 0.1) is 0 Å². The lowest BCUT2D eigenvalue weighted by Gasteiger charge is -2.36. The highest BCUT2D eigenvalue weighted by atomic mass is 35.5. The van der Waals surface area contributed by atoms with Crippen molar-refractivity contribution < 1.29 is 19.1 Å². The van der Waals surface area contributed by atoms with Crippen LogP contribution in [-0.2, 0) is 14.3 Å². The van der Waals surface area contributed by atoms with E-state index in [0.29, 0.717) is 31.2 Å². The van der Waals surface area contributed by atoms with Crippen LogP contribution in [0.4, 0.5) is 4.79 Å². The maximum atomic E-state index is 12.7. The summed E-state index contributed by atoms with van der Waals surface area (Å²) in [5, 5.41) is 3.42. The molecule has 154 valence electrons. The van der Waals surface area contributed by atoms with Crippen molar-refractivity contribution in [2.45, 2.75) is 45.8 Å². The summed E-state index contributed by atoms with van der Waals surface area (Å²) in [6.45, 7) is 8.61. The fourth-order valence-electron chi connectivity index (χ4n) is 2.96. The minimum absolute atomic E-state index is 0.0717. The van der Waals surface area contributed by atoms with Crippen LogP contribution >= 0.6 is 11.6 Å². The Morgan fingerprint density at radius 3 is 2.11 bits per heavy atom. The van der Waals surface area contributed by atoms with E-state index in [9.17, 15) is 14.4 Å². The van der Waals surface area contributed by atoms with Crippen LogP contribution < -0.4 is 5.32 Å². The van der Waals surface area contributed by atoms with E-state index >= 15 is 0 Å². The van der Waals surface area contributed by atoms with Gasteiger partial charge >= 0.3 is 6.09 Å². The Labute approximate surface area is 171 Å². The average molecular weight is 410 g/mol. The number of carbonyl (C=O) groups is 3. The average Bonchev–Trinajstić information content (AvgIpc) is 2.60. The third-order valence-electron chi connectivity index (χ3n) is 4.31. The third-order valence-corrected chi connectivity index (χ3v) is 4.56. The number of piperazine rings is 1. The second kappa shape index (κ2) is 9.28. The van der Waals surface area contributed by atoms with Gasteiger partial charge in [0, 0.05) is 38.1 Å². The molecule has 1 aromatic rings. The Kier molecular flexibility index (Phi) is 7.29. The van der Waals surface area contributed by atoms with Crippen molar-refractivity contribution in [3.8, 4) is 0 Å². The minimum Gasteiger partial charge on any atom is -0.444 e. The molecule has 0 unspecified atom stereocenters. The van der Waals surface area contributed by atoms with Crippen LogP contribution in [0.1, 0.15) is 45.7 Å². The number of halogens is 1. The van der Waals surface area contributed by atoms with Crippen LogP contribution in [0.15, 0.2) is 24.3 Å². The largest absolute Gasteiger partial charge is 0.444 e. The number of ether oxygens (including phenoxy) is 1. The molecule has 1 fully saturated rings. The molecule has 0 aliphatic carbocycles. The minimum atomic E-state index is -0.547. The molecule has 0 spiro atoms. The van der Waals surface area contributed by atoms with Crippen LogP contribution in [0.25, 0.3) is 0 Å². The summed E-state index contributed by atoms with van der Waals surface area (Å²) in [6, 6.07) is 6.64. The van der Waals surface area contributed by atoms with E-state index in [0.717, 1.165) is 5.56 Å². The molecule has 0 saturated carbocycles. The number of nitrogens with zero attached hydrogens (tertiary/aromatic N) is 2. The molecule has 28 heavy (non-hydrogen) atoms. The number of nitrogens with one attached hydrogen (secondary N) is 1. The molecule has 2 rings (SSSR count). The number of amides is 3. The van der Waals surface area contributed by atoms with Crippen molar-refractivity contribution in [2.75, 3.05) is 26.2 Å². The quantitative estimate of drug-likeness (QED) is 0.829. The smallest absolute Gasteiger partial charge is 0.410 e. The van der Waals surface area contributed by atoms with Gasteiger partial charge in [0.2, 0.25) is 11.8 Å². The van der Waals surface area contributed by atoms with Gasteiger partial charge in [0.25, 0.3) is 0 Å². The maximum Gasteiger partial charge on any atom is 0.410 e. The molecule has 1 aliphatic rings. The van der Waals surface area contributed by atoms with Gasteiger partial charge in [0.15, 0.2) is 0 Å². The summed E-state index contributed by atoms with van der Waals surface area (Å²) in [6.07, 6.45) is -0.218. The Balaban J connectivity index is 1.94. The zero-order chi connectivity index (χ0) is 20.9. The molecule has 0 aromatic heterocycles. The first-order valence-corrected chi connectivity index (χ1v) is 9.71. The normalized spacial score (nSPS) is 15.8. The molecule has 1 aromatic carbocycles. The van der Waals surface area contributed by atoms with Gasteiger partial charge in [0.1, 0.15) is 5.60 Å². The predicted molar refractivity (Wildman–Crippen MR) is 107 cm³/mol. The number of rotatable bonds is 4. The number of hydrogen-bond acceptors (Lipinski definition) is 4. The van der Waals surface area contributed by atoms with Gasteiger partial charge in [0.05, 0.1) is 12.5 Å². The lowest BCUT2D eigenvalue weighted by molar-refractivity contribution is -0.133. The summed E-state index contributed by atoms with van der Waals surface area (Å²) in [4.78, 5) is 39.8. The summed E-state index contributed by atoms with van der Waals surface area (Å²) in [7, 11) is 0. The van der Waals surface area contributed by atoms with Crippen LogP contribution in [0.3, 0.4) is 0 Å². The molecule has 1 atom stereocenters. The van der Waals surface area contributed by atoms with Crippen molar-refractivity contribution >= 4 is 29.5 Å². The van der Waals surface area contributed by atoms with Crippen LogP contribution in [0.5, 0.6) is 0 Å². The highest BCUT2D eigenvalue weighted by molar-refractivity contribution is 6.30. The molecule has 7 nitrogen and oxygen atoms in total. The highest BCUT2D eigenvalue weighted by Crippen LogP contribution is 2.21. The third kappa shape index (κ3) is 6.71. The van der Waals surface area contributed by atoms with Gasteiger partial charge in [-0.2, -0.15) is 0 Å². The van der Waals surface area contributed by atoms with Crippen LogP contribution in [0.2, 0.25) is 5.02 Å².